The Morgan fingerprint density at radius 2 is 2.03 bits per heavy atom. The number of pyridine rings is 1. The summed E-state index contributed by atoms with van der Waals surface area (Å²) in [6, 6.07) is 10.6. The van der Waals surface area contributed by atoms with Crippen molar-refractivity contribution >= 4 is 11.6 Å². The molecule has 0 spiro atoms. The van der Waals surface area contributed by atoms with Crippen molar-refractivity contribution in [3.8, 4) is 28.6 Å². The summed E-state index contributed by atoms with van der Waals surface area (Å²) < 4.78 is 12.4. The van der Waals surface area contributed by atoms with E-state index in [-0.39, 0.29) is 5.91 Å². The molecule has 4 aromatic rings. The Bertz CT molecular complexity index is 1120. The number of anilines is 1. The molecule has 0 bridgehead atoms. The molecule has 3 heterocycles. The third-order valence-electron chi connectivity index (χ3n) is 4.28. The van der Waals surface area contributed by atoms with Gasteiger partial charge in [-0.25, -0.2) is 9.97 Å². The van der Waals surface area contributed by atoms with E-state index >= 15 is 0 Å². The van der Waals surface area contributed by atoms with Crippen LogP contribution in [0, 0.1) is 0 Å². The monoisotopic (exact) mass is 390 g/mol. The average molecular weight is 390 g/mol. The van der Waals surface area contributed by atoms with Crippen LogP contribution in [0.25, 0.3) is 17.1 Å². The van der Waals surface area contributed by atoms with Crippen molar-refractivity contribution in [3.63, 3.8) is 0 Å². The van der Waals surface area contributed by atoms with Gasteiger partial charge in [0.1, 0.15) is 29.3 Å². The predicted octanol–water partition coefficient (Wildman–Crippen LogP) is 2.93. The van der Waals surface area contributed by atoms with Gasteiger partial charge in [0.15, 0.2) is 0 Å². The average Bonchev–Trinajstić information content (AvgIpc) is 3.46. The minimum Gasteiger partial charge on any atom is -0.497 e. The van der Waals surface area contributed by atoms with Crippen LogP contribution in [0.5, 0.6) is 11.5 Å². The fourth-order valence-corrected chi connectivity index (χ4v) is 2.80. The molecule has 0 atom stereocenters. The number of hydrogen-bond acceptors (Lipinski definition) is 6. The van der Waals surface area contributed by atoms with Crippen molar-refractivity contribution in [3.05, 3.63) is 67.0 Å². The predicted molar refractivity (Wildman–Crippen MR) is 106 cm³/mol. The molecule has 146 valence electrons. The van der Waals surface area contributed by atoms with Crippen LogP contribution in [0.1, 0.15) is 10.5 Å². The maximum absolute atomic E-state index is 12.6. The lowest BCUT2D eigenvalue weighted by atomic mass is 10.1. The standard InChI is InChI=1S/C20H18N6O3/c1-28-14-4-5-18(29-2)15(9-14)16-10-17(25-24-16)20(27)23-13-3-6-19(22-11-13)26-8-7-21-12-26/h3-12H,1-2H3,(H,23,27)(H,24,25). The number of benzene rings is 1. The van der Waals surface area contributed by atoms with Crippen molar-refractivity contribution in [1.29, 1.82) is 0 Å². The molecule has 29 heavy (non-hydrogen) atoms. The lowest BCUT2D eigenvalue weighted by molar-refractivity contribution is 0.102. The summed E-state index contributed by atoms with van der Waals surface area (Å²) in [4.78, 5) is 20.9. The molecule has 0 aliphatic heterocycles. The van der Waals surface area contributed by atoms with E-state index in [1.165, 1.54) is 0 Å². The van der Waals surface area contributed by atoms with Gasteiger partial charge in [-0.15, -0.1) is 0 Å². The number of aromatic amines is 1. The first kappa shape index (κ1) is 18.2. The van der Waals surface area contributed by atoms with Gasteiger partial charge in [-0.3, -0.25) is 14.5 Å². The summed E-state index contributed by atoms with van der Waals surface area (Å²) >= 11 is 0. The molecule has 0 fully saturated rings. The molecule has 2 N–H and O–H groups in total. The lowest BCUT2D eigenvalue weighted by Gasteiger charge is -2.08. The van der Waals surface area contributed by atoms with Gasteiger partial charge in [0, 0.05) is 18.0 Å². The molecule has 4 rings (SSSR count). The number of carbonyl (C=O) groups is 1. The Labute approximate surface area is 166 Å². The fourth-order valence-electron chi connectivity index (χ4n) is 2.80. The van der Waals surface area contributed by atoms with Crippen LogP contribution >= 0.6 is 0 Å². The largest absolute Gasteiger partial charge is 0.497 e. The van der Waals surface area contributed by atoms with Crippen LogP contribution in [0.15, 0.2) is 61.3 Å². The fraction of sp³-hybridized carbons (Fsp3) is 0.100. The summed E-state index contributed by atoms with van der Waals surface area (Å²) in [5.74, 6) is 1.67. The lowest BCUT2D eigenvalue weighted by Crippen LogP contribution is -2.12. The third kappa shape index (κ3) is 3.79. The first-order chi connectivity index (χ1) is 14.2. The van der Waals surface area contributed by atoms with Crippen molar-refractivity contribution in [2.24, 2.45) is 0 Å². The van der Waals surface area contributed by atoms with Crippen molar-refractivity contribution < 1.29 is 14.3 Å². The number of amides is 1. The quantitative estimate of drug-likeness (QED) is 0.524. The van der Waals surface area contributed by atoms with Gasteiger partial charge in [0.2, 0.25) is 0 Å². The summed E-state index contributed by atoms with van der Waals surface area (Å²) in [5.41, 5.74) is 2.16. The van der Waals surface area contributed by atoms with Gasteiger partial charge >= 0.3 is 0 Å². The van der Waals surface area contributed by atoms with Gasteiger partial charge in [-0.1, -0.05) is 0 Å². The zero-order chi connectivity index (χ0) is 20.2. The summed E-state index contributed by atoms with van der Waals surface area (Å²) in [7, 11) is 3.16. The second-order valence-electron chi connectivity index (χ2n) is 6.06. The zero-order valence-corrected chi connectivity index (χ0v) is 15.8. The molecule has 0 saturated carbocycles. The van der Waals surface area contributed by atoms with Crippen LogP contribution in [0.4, 0.5) is 5.69 Å². The number of nitrogens with zero attached hydrogens (tertiary/aromatic N) is 4. The molecular weight excluding hydrogens is 372 g/mol. The van der Waals surface area contributed by atoms with Gasteiger partial charge in [-0.05, 0) is 36.4 Å². The van der Waals surface area contributed by atoms with Gasteiger partial charge < -0.3 is 14.8 Å². The van der Waals surface area contributed by atoms with Crippen LogP contribution in [0.3, 0.4) is 0 Å². The molecule has 1 aromatic carbocycles. The molecule has 3 aromatic heterocycles. The highest BCUT2D eigenvalue weighted by Crippen LogP contribution is 2.32. The number of aromatic nitrogens is 5. The number of hydrogen-bond donors (Lipinski definition) is 2. The smallest absolute Gasteiger partial charge is 0.273 e. The first-order valence-electron chi connectivity index (χ1n) is 8.71. The Hall–Kier alpha value is -4.14. The summed E-state index contributed by atoms with van der Waals surface area (Å²) in [5, 5.41) is 9.78. The first-order valence-corrected chi connectivity index (χ1v) is 8.71. The van der Waals surface area contributed by atoms with E-state index in [9.17, 15) is 4.79 Å². The van der Waals surface area contributed by atoms with Gasteiger partial charge in [-0.2, -0.15) is 5.10 Å². The summed E-state index contributed by atoms with van der Waals surface area (Å²) in [6.45, 7) is 0. The number of H-pyrrole nitrogens is 1. The van der Waals surface area contributed by atoms with Gasteiger partial charge in [0.25, 0.3) is 5.91 Å². The van der Waals surface area contributed by atoms with E-state index in [1.54, 1.807) is 80.1 Å². The molecule has 0 saturated heterocycles. The highest BCUT2D eigenvalue weighted by atomic mass is 16.5. The number of ether oxygens (including phenoxy) is 2. The number of methoxy groups -OCH3 is 2. The van der Waals surface area contributed by atoms with E-state index in [4.69, 9.17) is 9.47 Å². The molecule has 9 heteroatoms. The topological polar surface area (TPSA) is 107 Å². The van der Waals surface area contributed by atoms with E-state index in [1.807, 2.05) is 0 Å². The molecule has 9 nitrogen and oxygen atoms in total. The Morgan fingerprint density at radius 3 is 2.72 bits per heavy atom. The molecule has 0 radical (unpaired) electrons. The maximum Gasteiger partial charge on any atom is 0.273 e. The SMILES string of the molecule is COc1ccc(OC)c(-c2cc(C(=O)Nc3ccc(-n4ccnc4)nc3)[nH]n2)c1. The highest BCUT2D eigenvalue weighted by molar-refractivity contribution is 6.03. The molecule has 0 unspecified atom stereocenters. The molecule has 0 aliphatic carbocycles. The minimum absolute atomic E-state index is 0.309. The summed E-state index contributed by atoms with van der Waals surface area (Å²) in [6.07, 6.45) is 6.69. The molecular formula is C20H18N6O3. The van der Waals surface area contributed by atoms with E-state index in [0.717, 1.165) is 0 Å². The van der Waals surface area contributed by atoms with Crippen LogP contribution < -0.4 is 14.8 Å². The zero-order valence-electron chi connectivity index (χ0n) is 15.8. The Morgan fingerprint density at radius 1 is 1.14 bits per heavy atom. The third-order valence-corrected chi connectivity index (χ3v) is 4.28. The van der Waals surface area contributed by atoms with Crippen LogP contribution in [-0.4, -0.2) is 44.9 Å². The van der Waals surface area contributed by atoms with Crippen molar-refractivity contribution in [1.82, 2.24) is 24.7 Å². The van der Waals surface area contributed by atoms with Gasteiger partial charge in [0.05, 0.1) is 31.8 Å². The minimum atomic E-state index is -0.331. The highest BCUT2D eigenvalue weighted by Gasteiger charge is 2.15. The van der Waals surface area contributed by atoms with Crippen molar-refractivity contribution in [2.45, 2.75) is 0 Å². The normalized spacial score (nSPS) is 10.6. The Balaban J connectivity index is 1.52. The Kier molecular flexibility index (Phi) is 4.93. The van der Waals surface area contributed by atoms with E-state index < -0.39 is 0 Å². The van der Waals surface area contributed by atoms with Crippen LogP contribution in [0.2, 0.25) is 0 Å². The number of rotatable bonds is 6. The second kappa shape index (κ2) is 7.85. The number of imidazole rings is 1. The van der Waals surface area contributed by atoms with Crippen molar-refractivity contribution in [2.75, 3.05) is 19.5 Å². The molecule has 0 aliphatic rings. The maximum atomic E-state index is 12.6. The number of carbonyl (C=O) groups excluding carboxylic acids is 1. The van der Waals surface area contributed by atoms with E-state index in [0.29, 0.717) is 40.0 Å². The second-order valence-corrected chi connectivity index (χ2v) is 6.06. The van der Waals surface area contributed by atoms with Crippen LogP contribution in [-0.2, 0) is 0 Å². The molecule has 1 amide bonds. The number of nitrogens with one attached hydrogen (secondary N) is 2. The van der Waals surface area contributed by atoms with E-state index in [2.05, 4.69) is 25.5 Å².